The molecule has 1 unspecified atom stereocenters. The summed E-state index contributed by atoms with van der Waals surface area (Å²) < 4.78 is 5.57. The van der Waals surface area contributed by atoms with E-state index in [9.17, 15) is 4.79 Å². The Morgan fingerprint density at radius 2 is 2.15 bits per heavy atom. The van der Waals surface area contributed by atoms with Crippen LogP contribution in [-0.4, -0.2) is 25.1 Å². The van der Waals surface area contributed by atoms with Gasteiger partial charge in [-0.15, -0.1) is 0 Å². The lowest BCUT2D eigenvalue weighted by Gasteiger charge is -2.14. The van der Waals surface area contributed by atoms with Gasteiger partial charge in [-0.1, -0.05) is 25.1 Å². The van der Waals surface area contributed by atoms with E-state index in [4.69, 9.17) is 10.5 Å². The first-order valence-electron chi connectivity index (χ1n) is 7.23. The first-order chi connectivity index (χ1) is 9.72. The van der Waals surface area contributed by atoms with Gasteiger partial charge in [0, 0.05) is 12.5 Å². The zero-order valence-corrected chi connectivity index (χ0v) is 12.2. The number of unbranched alkanes of at least 4 members (excludes halogenated alkanes) is 2. The number of carbonyl (C=O) groups is 1. The maximum atomic E-state index is 10.8. The van der Waals surface area contributed by atoms with Crippen molar-refractivity contribution in [3.63, 3.8) is 0 Å². The summed E-state index contributed by atoms with van der Waals surface area (Å²) in [6.07, 6.45) is 5.49. The Bertz CT molecular complexity index is 368. The fraction of sp³-hybridized carbons (Fsp3) is 0.500. The molecule has 111 valence electrons. The van der Waals surface area contributed by atoms with Crippen LogP contribution in [-0.2, 0) is 4.79 Å². The minimum absolute atomic E-state index is 0.202. The SMILES string of the molecule is CCC(CC(N)=O)NCCC[CH]COc1ccccc1. The Labute approximate surface area is 121 Å². The van der Waals surface area contributed by atoms with Crippen LogP contribution < -0.4 is 15.8 Å². The molecular formula is C16H25N2O2. The summed E-state index contributed by atoms with van der Waals surface area (Å²) in [5, 5.41) is 3.35. The number of hydrogen-bond donors (Lipinski definition) is 2. The molecule has 0 aliphatic heterocycles. The Morgan fingerprint density at radius 1 is 1.40 bits per heavy atom. The molecule has 0 aromatic heterocycles. The van der Waals surface area contributed by atoms with Crippen molar-refractivity contribution in [3.8, 4) is 5.75 Å². The standard InChI is InChI=1S/C16H25N2O2/c1-2-14(13-16(17)19)18-11-7-4-8-12-20-15-9-5-3-6-10-15/h3,5-6,8-10,14,18H,2,4,7,11-13H2,1H3,(H2,17,19). The van der Waals surface area contributed by atoms with E-state index in [2.05, 4.69) is 18.7 Å². The molecule has 1 radical (unpaired) electrons. The van der Waals surface area contributed by atoms with Gasteiger partial charge in [-0.25, -0.2) is 0 Å². The second kappa shape index (κ2) is 10.3. The van der Waals surface area contributed by atoms with Gasteiger partial charge in [0.25, 0.3) is 0 Å². The molecule has 1 aromatic rings. The summed E-state index contributed by atoms with van der Waals surface area (Å²) in [6, 6.07) is 9.99. The van der Waals surface area contributed by atoms with Crippen molar-refractivity contribution in [1.29, 1.82) is 0 Å². The van der Waals surface area contributed by atoms with Crippen molar-refractivity contribution < 1.29 is 9.53 Å². The average Bonchev–Trinajstić information content (AvgIpc) is 2.45. The van der Waals surface area contributed by atoms with Crippen LogP contribution in [0.2, 0.25) is 0 Å². The highest BCUT2D eigenvalue weighted by atomic mass is 16.5. The summed E-state index contributed by atoms with van der Waals surface area (Å²) in [7, 11) is 0. The lowest BCUT2D eigenvalue weighted by Crippen LogP contribution is -2.33. The van der Waals surface area contributed by atoms with E-state index < -0.39 is 0 Å². The predicted molar refractivity (Wildman–Crippen MR) is 81.4 cm³/mol. The molecule has 4 heteroatoms. The Kier molecular flexibility index (Phi) is 8.47. The van der Waals surface area contributed by atoms with Gasteiger partial charge >= 0.3 is 0 Å². The second-order valence-electron chi connectivity index (χ2n) is 4.78. The first-order valence-corrected chi connectivity index (χ1v) is 7.23. The van der Waals surface area contributed by atoms with Crippen molar-refractivity contribution in [2.75, 3.05) is 13.2 Å². The molecule has 0 aliphatic carbocycles. The van der Waals surface area contributed by atoms with Crippen LogP contribution in [0.15, 0.2) is 30.3 Å². The van der Waals surface area contributed by atoms with Crippen molar-refractivity contribution in [2.24, 2.45) is 5.73 Å². The normalized spacial score (nSPS) is 12.1. The molecule has 0 saturated heterocycles. The lowest BCUT2D eigenvalue weighted by atomic mass is 10.1. The van der Waals surface area contributed by atoms with Gasteiger partial charge in [-0.05, 0) is 44.4 Å². The number of nitrogens with one attached hydrogen (secondary N) is 1. The highest BCUT2D eigenvalue weighted by molar-refractivity contribution is 5.74. The third-order valence-electron chi connectivity index (χ3n) is 3.07. The third kappa shape index (κ3) is 7.79. The largest absolute Gasteiger partial charge is 0.493 e. The van der Waals surface area contributed by atoms with Crippen LogP contribution in [0.25, 0.3) is 0 Å². The molecule has 0 fully saturated rings. The molecule has 0 spiro atoms. The van der Waals surface area contributed by atoms with E-state index >= 15 is 0 Å². The monoisotopic (exact) mass is 277 g/mol. The maximum Gasteiger partial charge on any atom is 0.218 e. The Balaban J connectivity index is 1.98. The van der Waals surface area contributed by atoms with Gasteiger partial charge < -0.3 is 15.8 Å². The van der Waals surface area contributed by atoms with Crippen LogP contribution in [0.1, 0.15) is 32.6 Å². The molecular weight excluding hydrogens is 252 g/mol. The zero-order chi connectivity index (χ0) is 14.6. The lowest BCUT2D eigenvalue weighted by molar-refractivity contribution is -0.118. The van der Waals surface area contributed by atoms with Crippen molar-refractivity contribution >= 4 is 5.91 Å². The number of para-hydroxylation sites is 1. The molecule has 4 nitrogen and oxygen atoms in total. The highest BCUT2D eigenvalue weighted by Crippen LogP contribution is 2.08. The number of hydrogen-bond acceptors (Lipinski definition) is 3. The number of ether oxygens (including phenoxy) is 1. The molecule has 1 aromatic carbocycles. The summed E-state index contributed by atoms with van der Waals surface area (Å²) in [6.45, 7) is 3.58. The van der Waals surface area contributed by atoms with Crippen LogP contribution in [0.4, 0.5) is 0 Å². The van der Waals surface area contributed by atoms with Crippen LogP contribution in [0.5, 0.6) is 5.75 Å². The van der Waals surface area contributed by atoms with Crippen molar-refractivity contribution in [1.82, 2.24) is 5.32 Å². The molecule has 1 rings (SSSR count). The maximum absolute atomic E-state index is 10.8. The van der Waals surface area contributed by atoms with Crippen LogP contribution >= 0.6 is 0 Å². The molecule has 0 bridgehead atoms. The van der Waals surface area contributed by atoms with Crippen molar-refractivity contribution in [3.05, 3.63) is 36.8 Å². The first kappa shape index (κ1) is 16.5. The third-order valence-corrected chi connectivity index (χ3v) is 3.07. The summed E-state index contributed by atoms with van der Waals surface area (Å²) in [5.74, 6) is 0.654. The number of nitrogens with two attached hydrogens (primary N) is 1. The molecule has 1 atom stereocenters. The van der Waals surface area contributed by atoms with Crippen LogP contribution in [0, 0.1) is 6.42 Å². The van der Waals surface area contributed by atoms with E-state index in [1.807, 2.05) is 30.3 Å². The number of carbonyl (C=O) groups excluding carboxylic acids is 1. The minimum Gasteiger partial charge on any atom is -0.493 e. The number of amides is 1. The van der Waals surface area contributed by atoms with E-state index in [0.717, 1.165) is 31.6 Å². The topological polar surface area (TPSA) is 64.4 Å². The molecule has 0 saturated carbocycles. The minimum atomic E-state index is -0.243. The van der Waals surface area contributed by atoms with E-state index in [1.54, 1.807) is 0 Å². The number of benzene rings is 1. The quantitative estimate of drug-likeness (QED) is 0.610. The smallest absolute Gasteiger partial charge is 0.218 e. The van der Waals surface area contributed by atoms with Crippen LogP contribution in [0.3, 0.4) is 0 Å². The van der Waals surface area contributed by atoms with E-state index in [0.29, 0.717) is 13.0 Å². The summed E-state index contributed by atoms with van der Waals surface area (Å²) in [4.78, 5) is 10.8. The second-order valence-corrected chi connectivity index (χ2v) is 4.78. The van der Waals surface area contributed by atoms with Gasteiger partial charge in [0.1, 0.15) is 5.75 Å². The molecule has 0 heterocycles. The number of primary amides is 1. The Morgan fingerprint density at radius 3 is 2.80 bits per heavy atom. The summed E-state index contributed by atoms with van der Waals surface area (Å²) >= 11 is 0. The highest BCUT2D eigenvalue weighted by Gasteiger charge is 2.07. The average molecular weight is 277 g/mol. The van der Waals surface area contributed by atoms with E-state index in [1.165, 1.54) is 0 Å². The Hall–Kier alpha value is -1.55. The fourth-order valence-electron chi connectivity index (χ4n) is 1.91. The van der Waals surface area contributed by atoms with Crippen molar-refractivity contribution in [2.45, 2.75) is 38.6 Å². The molecule has 3 N–H and O–H groups in total. The zero-order valence-electron chi connectivity index (χ0n) is 12.2. The summed E-state index contributed by atoms with van der Waals surface area (Å²) in [5.41, 5.74) is 5.19. The van der Waals surface area contributed by atoms with Gasteiger partial charge in [-0.2, -0.15) is 0 Å². The van der Waals surface area contributed by atoms with Gasteiger partial charge in [0.2, 0.25) is 5.91 Å². The molecule has 20 heavy (non-hydrogen) atoms. The van der Waals surface area contributed by atoms with Gasteiger partial charge in [0.05, 0.1) is 6.61 Å². The van der Waals surface area contributed by atoms with E-state index in [-0.39, 0.29) is 11.9 Å². The molecule has 0 aliphatic rings. The number of rotatable bonds is 11. The van der Waals surface area contributed by atoms with Gasteiger partial charge in [-0.3, -0.25) is 4.79 Å². The molecule has 1 amide bonds. The fourth-order valence-corrected chi connectivity index (χ4v) is 1.91. The van der Waals surface area contributed by atoms with Gasteiger partial charge in [0.15, 0.2) is 0 Å². The predicted octanol–water partition coefficient (Wildman–Crippen LogP) is 2.29.